The monoisotopic (exact) mass is 380 g/mol. The van der Waals surface area contributed by atoms with Crippen molar-refractivity contribution in [2.75, 3.05) is 6.54 Å². The minimum absolute atomic E-state index is 0.177. The Labute approximate surface area is 163 Å². The molecule has 144 valence electrons. The molecule has 0 bridgehead atoms. The summed E-state index contributed by atoms with van der Waals surface area (Å²) in [4.78, 5) is 15.8. The molecule has 0 unspecified atom stereocenters. The van der Waals surface area contributed by atoms with Gasteiger partial charge in [-0.05, 0) is 29.8 Å². The minimum Gasteiger partial charge on any atom is -0.294 e. The van der Waals surface area contributed by atoms with Crippen LogP contribution in [0, 0.1) is 11.6 Å². The second-order valence-corrected chi connectivity index (χ2v) is 7.49. The molecule has 3 aromatic rings. The molecule has 0 N–H and O–H groups in total. The lowest BCUT2D eigenvalue weighted by atomic mass is 10.1. The van der Waals surface area contributed by atoms with Crippen molar-refractivity contribution in [2.45, 2.75) is 39.3 Å². The molecule has 1 aliphatic heterocycles. The Hall–Kier alpha value is -2.73. The highest BCUT2D eigenvalue weighted by Crippen LogP contribution is 2.24. The van der Waals surface area contributed by atoms with E-state index in [2.05, 4.69) is 28.7 Å². The number of aromatic nitrogens is 3. The third-order valence-electron chi connectivity index (χ3n) is 4.98. The van der Waals surface area contributed by atoms with Gasteiger partial charge in [-0.25, -0.2) is 18.7 Å². The minimum atomic E-state index is -0.477. The van der Waals surface area contributed by atoms with Crippen LogP contribution in [-0.4, -0.2) is 26.4 Å². The molecule has 0 aliphatic carbocycles. The molecule has 1 aromatic carbocycles. The summed E-state index contributed by atoms with van der Waals surface area (Å²) >= 11 is 0. The molecule has 28 heavy (non-hydrogen) atoms. The van der Waals surface area contributed by atoms with Gasteiger partial charge in [0.15, 0.2) is 0 Å². The summed E-state index contributed by atoms with van der Waals surface area (Å²) < 4.78 is 27.3. The highest BCUT2D eigenvalue weighted by Gasteiger charge is 2.19. The first-order valence-corrected chi connectivity index (χ1v) is 9.47. The van der Waals surface area contributed by atoms with Crippen LogP contribution in [0.4, 0.5) is 8.78 Å². The van der Waals surface area contributed by atoms with Crippen LogP contribution in [0.1, 0.15) is 42.4 Å². The maximum atomic E-state index is 13.9. The van der Waals surface area contributed by atoms with E-state index in [-0.39, 0.29) is 5.56 Å². The fraction of sp³-hybridized carbons (Fsp3) is 0.318. The van der Waals surface area contributed by atoms with Crippen LogP contribution in [-0.2, 0) is 19.5 Å². The lowest BCUT2D eigenvalue weighted by Crippen LogP contribution is -2.31. The van der Waals surface area contributed by atoms with E-state index in [1.807, 2.05) is 12.3 Å². The van der Waals surface area contributed by atoms with Crippen LogP contribution in [0.15, 0.2) is 42.7 Å². The average Bonchev–Trinajstić information content (AvgIpc) is 2.70. The quantitative estimate of drug-likeness (QED) is 0.668. The normalized spacial score (nSPS) is 14.3. The summed E-state index contributed by atoms with van der Waals surface area (Å²) in [5, 5.41) is 0. The van der Waals surface area contributed by atoms with Crippen molar-refractivity contribution >= 4 is 0 Å². The molecule has 0 amide bonds. The van der Waals surface area contributed by atoms with Crippen molar-refractivity contribution in [1.29, 1.82) is 0 Å². The van der Waals surface area contributed by atoms with Gasteiger partial charge in [0.2, 0.25) is 0 Å². The van der Waals surface area contributed by atoms with Gasteiger partial charge in [0, 0.05) is 61.2 Å². The number of pyridine rings is 1. The molecule has 0 atom stereocenters. The molecule has 0 fully saturated rings. The number of benzene rings is 1. The van der Waals surface area contributed by atoms with E-state index >= 15 is 0 Å². The predicted molar refractivity (Wildman–Crippen MR) is 104 cm³/mol. The Morgan fingerprint density at radius 1 is 1.07 bits per heavy atom. The highest BCUT2D eigenvalue weighted by atomic mass is 19.1. The van der Waals surface area contributed by atoms with Gasteiger partial charge in [-0.2, -0.15) is 0 Å². The Morgan fingerprint density at radius 2 is 1.93 bits per heavy atom. The molecule has 3 heterocycles. The summed E-state index contributed by atoms with van der Waals surface area (Å²) in [6, 6.07) is 7.06. The van der Waals surface area contributed by atoms with E-state index in [4.69, 9.17) is 4.98 Å². The first kappa shape index (κ1) is 18.6. The lowest BCUT2D eigenvalue weighted by molar-refractivity contribution is 0.242. The van der Waals surface area contributed by atoms with E-state index in [1.54, 1.807) is 12.3 Å². The molecule has 4 nitrogen and oxygen atoms in total. The number of nitrogens with zero attached hydrogens (tertiary/aromatic N) is 4. The van der Waals surface area contributed by atoms with Crippen LogP contribution in [0.5, 0.6) is 0 Å². The summed E-state index contributed by atoms with van der Waals surface area (Å²) in [5.41, 5.74) is 3.95. The molecule has 6 heteroatoms. The van der Waals surface area contributed by atoms with Gasteiger partial charge in [0.05, 0.1) is 5.69 Å². The third kappa shape index (κ3) is 3.92. The first-order chi connectivity index (χ1) is 13.5. The zero-order valence-corrected chi connectivity index (χ0v) is 16.0. The highest BCUT2D eigenvalue weighted by molar-refractivity contribution is 5.59. The Morgan fingerprint density at radius 3 is 2.68 bits per heavy atom. The van der Waals surface area contributed by atoms with E-state index < -0.39 is 11.6 Å². The van der Waals surface area contributed by atoms with Gasteiger partial charge in [-0.15, -0.1) is 0 Å². The fourth-order valence-corrected chi connectivity index (χ4v) is 3.43. The second kappa shape index (κ2) is 7.72. The van der Waals surface area contributed by atoms with Gasteiger partial charge < -0.3 is 0 Å². The van der Waals surface area contributed by atoms with Gasteiger partial charge >= 0.3 is 0 Å². The van der Waals surface area contributed by atoms with E-state index in [0.29, 0.717) is 11.6 Å². The number of halogens is 2. The zero-order valence-electron chi connectivity index (χ0n) is 16.0. The molecule has 0 radical (unpaired) electrons. The number of hydrogen-bond acceptors (Lipinski definition) is 4. The molecule has 0 saturated heterocycles. The zero-order chi connectivity index (χ0) is 19.7. The van der Waals surface area contributed by atoms with Gasteiger partial charge in [0.1, 0.15) is 17.5 Å². The summed E-state index contributed by atoms with van der Waals surface area (Å²) in [7, 11) is 0. The topological polar surface area (TPSA) is 41.9 Å². The van der Waals surface area contributed by atoms with Crippen LogP contribution in [0.3, 0.4) is 0 Å². The van der Waals surface area contributed by atoms with E-state index in [1.165, 1.54) is 11.6 Å². The number of fused-ring (bicyclic) bond motifs is 1. The van der Waals surface area contributed by atoms with Crippen LogP contribution in [0.25, 0.3) is 11.3 Å². The summed E-state index contributed by atoms with van der Waals surface area (Å²) in [5.74, 6) is 0.277. The molecule has 1 aliphatic rings. The van der Waals surface area contributed by atoms with Crippen molar-refractivity contribution in [1.82, 2.24) is 19.9 Å². The van der Waals surface area contributed by atoms with Crippen molar-refractivity contribution < 1.29 is 8.78 Å². The average molecular weight is 380 g/mol. The van der Waals surface area contributed by atoms with E-state index in [9.17, 15) is 8.78 Å². The molecule has 0 saturated carbocycles. The van der Waals surface area contributed by atoms with Gasteiger partial charge in [-0.3, -0.25) is 9.88 Å². The van der Waals surface area contributed by atoms with Crippen LogP contribution in [0.2, 0.25) is 0 Å². The smallest absolute Gasteiger partial charge is 0.132 e. The SMILES string of the molecule is CC(C)c1ncc2c(n1)CCN(Cc1ccc(-c3cc(F)ccc3F)nc1)C2. The van der Waals surface area contributed by atoms with Crippen molar-refractivity contribution in [3.63, 3.8) is 0 Å². The fourth-order valence-electron chi connectivity index (χ4n) is 3.43. The summed E-state index contributed by atoms with van der Waals surface area (Å²) in [6.07, 6.45) is 4.57. The largest absolute Gasteiger partial charge is 0.294 e. The van der Waals surface area contributed by atoms with Crippen molar-refractivity contribution in [3.05, 3.63) is 77.0 Å². The molecule has 2 aromatic heterocycles. The molecular formula is C22H22F2N4. The van der Waals surface area contributed by atoms with Crippen LogP contribution < -0.4 is 0 Å². The number of hydrogen-bond donors (Lipinski definition) is 0. The van der Waals surface area contributed by atoms with E-state index in [0.717, 1.165) is 55.3 Å². The maximum absolute atomic E-state index is 13.9. The van der Waals surface area contributed by atoms with Crippen LogP contribution >= 0.6 is 0 Å². The van der Waals surface area contributed by atoms with Gasteiger partial charge in [0.25, 0.3) is 0 Å². The molecule has 0 spiro atoms. The standard InChI is InChI=1S/C22H22F2N4/c1-14(2)22-26-11-16-13-28(8-7-20(16)27-22)12-15-3-6-21(25-10-15)18-9-17(23)4-5-19(18)24/h3-6,9-11,14H,7-8,12-13H2,1-2H3. The Kier molecular flexibility index (Phi) is 5.13. The van der Waals surface area contributed by atoms with Crippen molar-refractivity contribution in [2.24, 2.45) is 0 Å². The lowest BCUT2D eigenvalue weighted by Gasteiger charge is -2.28. The maximum Gasteiger partial charge on any atom is 0.132 e. The predicted octanol–water partition coefficient (Wildman–Crippen LogP) is 4.50. The third-order valence-corrected chi connectivity index (χ3v) is 4.98. The van der Waals surface area contributed by atoms with Gasteiger partial charge in [-0.1, -0.05) is 19.9 Å². The Bertz CT molecular complexity index is 986. The second-order valence-electron chi connectivity index (χ2n) is 7.49. The molecule has 4 rings (SSSR count). The first-order valence-electron chi connectivity index (χ1n) is 9.47. The summed E-state index contributed by atoms with van der Waals surface area (Å²) in [6.45, 7) is 6.66. The Balaban J connectivity index is 1.46. The number of rotatable bonds is 4. The van der Waals surface area contributed by atoms with Crippen molar-refractivity contribution in [3.8, 4) is 11.3 Å². The molecular weight excluding hydrogens is 358 g/mol.